The molecule has 0 bridgehead atoms. The first-order valence-electron chi connectivity index (χ1n) is 12.9. The summed E-state index contributed by atoms with van der Waals surface area (Å²) < 4.78 is 0. The normalized spacial score (nSPS) is 18.7. The lowest BCUT2D eigenvalue weighted by Gasteiger charge is -2.22. The predicted molar refractivity (Wildman–Crippen MR) is 129 cm³/mol. The highest BCUT2D eigenvalue weighted by molar-refractivity contribution is 5.88. The van der Waals surface area contributed by atoms with Gasteiger partial charge in [0.15, 0.2) is 5.78 Å². The van der Waals surface area contributed by atoms with Crippen molar-refractivity contribution in [3.05, 3.63) is 0 Å². The maximum Gasteiger partial charge on any atom is 0.195 e. The first-order chi connectivity index (χ1) is 15.0. The van der Waals surface area contributed by atoms with E-state index in [1.54, 1.807) is 0 Å². The summed E-state index contributed by atoms with van der Waals surface area (Å²) in [5, 5.41) is 47.6. The van der Waals surface area contributed by atoms with Gasteiger partial charge in [0, 0.05) is 0 Å². The average Bonchev–Trinajstić information content (AvgIpc) is 2.74. The standard InChI is InChI=1S/C26H52O6/c1-18(2)9-6-10-19(3)11-7-12-20(4)13-8-14-21(5)15-16-22(28)24(30)26(32)25(31)23(29)17-27/h18-25,27-31H,6-17H2,1-5H3/t19?,20?,21?,22?,23-,24-,25-/m1/s1. The molecule has 6 nitrogen and oxygen atoms in total. The molecular formula is C26H52O6. The quantitative estimate of drug-likeness (QED) is 0.188. The first-order valence-corrected chi connectivity index (χ1v) is 12.9. The van der Waals surface area contributed by atoms with Crippen LogP contribution in [0.3, 0.4) is 0 Å². The third-order valence-corrected chi connectivity index (χ3v) is 6.72. The van der Waals surface area contributed by atoms with Crippen LogP contribution in [-0.2, 0) is 4.79 Å². The van der Waals surface area contributed by atoms with Gasteiger partial charge >= 0.3 is 0 Å². The van der Waals surface area contributed by atoms with Gasteiger partial charge in [0.05, 0.1) is 12.7 Å². The Morgan fingerprint density at radius 1 is 0.562 bits per heavy atom. The van der Waals surface area contributed by atoms with Crippen molar-refractivity contribution in [3.63, 3.8) is 0 Å². The van der Waals surface area contributed by atoms with Crippen molar-refractivity contribution < 1.29 is 30.3 Å². The van der Waals surface area contributed by atoms with Gasteiger partial charge in [-0.25, -0.2) is 0 Å². The lowest BCUT2D eigenvalue weighted by atomic mass is 9.89. The van der Waals surface area contributed by atoms with Gasteiger partial charge in [-0.15, -0.1) is 0 Å². The molecule has 0 aliphatic carbocycles. The zero-order valence-electron chi connectivity index (χ0n) is 21.2. The van der Waals surface area contributed by atoms with E-state index in [0.717, 1.165) is 30.6 Å². The smallest absolute Gasteiger partial charge is 0.195 e. The van der Waals surface area contributed by atoms with Crippen molar-refractivity contribution in [2.75, 3.05) is 6.61 Å². The molecule has 6 heteroatoms. The van der Waals surface area contributed by atoms with Crippen molar-refractivity contribution in [3.8, 4) is 0 Å². The maximum absolute atomic E-state index is 11.9. The van der Waals surface area contributed by atoms with Crippen LogP contribution in [0.4, 0.5) is 0 Å². The van der Waals surface area contributed by atoms with Crippen molar-refractivity contribution in [2.24, 2.45) is 23.7 Å². The Bertz CT molecular complexity index is 469. The topological polar surface area (TPSA) is 118 Å². The molecule has 0 saturated heterocycles. The molecule has 0 fully saturated rings. The van der Waals surface area contributed by atoms with E-state index in [1.807, 2.05) is 0 Å². The van der Waals surface area contributed by atoms with Gasteiger partial charge in [0.1, 0.15) is 18.3 Å². The van der Waals surface area contributed by atoms with E-state index in [1.165, 1.54) is 44.9 Å². The molecule has 0 aromatic rings. The highest BCUT2D eigenvalue weighted by Gasteiger charge is 2.33. The molecule has 0 amide bonds. The molecule has 4 unspecified atom stereocenters. The third-order valence-electron chi connectivity index (χ3n) is 6.72. The van der Waals surface area contributed by atoms with Crippen LogP contribution in [-0.4, -0.2) is 62.3 Å². The van der Waals surface area contributed by atoms with E-state index in [-0.39, 0.29) is 6.42 Å². The number of ketones is 1. The van der Waals surface area contributed by atoms with E-state index in [4.69, 9.17) is 5.11 Å². The molecule has 7 atom stereocenters. The Balaban J connectivity index is 3.95. The summed E-state index contributed by atoms with van der Waals surface area (Å²) in [6.07, 6.45) is 5.61. The average molecular weight is 461 g/mol. The van der Waals surface area contributed by atoms with Gasteiger partial charge in [-0.3, -0.25) is 4.79 Å². The molecular weight excluding hydrogens is 408 g/mol. The second-order valence-electron chi connectivity index (χ2n) is 10.7. The summed E-state index contributed by atoms with van der Waals surface area (Å²) >= 11 is 0. The Hall–Kier alpha value is -0.530. The first kappa shape index (κ1) is 31.5. The van der Waals surface area contributed by atoms with E-state index < -0.39 is 36.8 Å². The van der Waals surface area contributed by atoms with Crippen LogP contribution in [0.1, 0.15) is 105 Å². The molecule has 0 aliphatic rings. The Morgan fingerprint density at radius 3 is 1.34 bits per heavy atom. The zero-order chi connectivity index (χ0) is 24.7. The van der Waals surface area contributed by atoms with E-state index in [2.05, 4.69) is 34.6 Å². The number of Topliss-reactive ketones (excluding diaryl/α,β-unsaturated/α-hetero) is 1. The van der Waals surface area contributed by atoms with Gasteiger partial charge in [-0.05, 0) is 36.5 Å². The SMILES string of the molecule is CC(C)CCCC(C)CCCC(C)CCCC(C)CCC(O)[C@@H](O)C(=O)[C@H](O)[C@H](O)CO. The van der Waals surface area contributed by atoms with E-state index >= 15 is 0 Å². The predicted octanol–water partition coefficient (Wildman–Crippen LogP) is 3.85. The molecule has 192 valence electrons. The van der Waals surface area contributed by atoms with E-state index in [9.17, 15) is 25.2 Å². The van der Waals surface area contributed by atoms with Crippen molar-refractivity contribution >= 4 is 5.78 Å². The van der Waals surface area contributed by atoms with Crippen LogP contribution in [0.25, 0.3) is 0 Å². The molecule has 32 heavy (non-hydrogen) atoms. The van der Waals surface area contributed by atoms with Crippen LogP contribution in [0.5, 0.6) is 0 Å². The molecule has 0 aromatic heterocycles. The fourth-order valence-electron chi connectivity index (χ4n) is 4.20. The van der Waals surface area contributed by atoms with Crippen molar-refractivity contribution in [1.29, 1.82) is 0 Å². The second-order valence-corrected chi connectivity index (χ2v) is 10.7. The third kappa shape index (κ3) is 14.6. The molecule has 0 spiro atoms. The monoisotopic (exact) mass is 460 g/mol. The number of aliphatic hydroxyl groups excluding tert-OH is 5. The Morgan fingerprint density at radius 2 is 0.938 bits per heavy atom. The number of carbonyl (C=O) groups excluding carboxylic acids is 1. The second kappa shape index (κ2) is 17.9. The maximum atomic E-state index is 11.9. The minimum absolute atomic E-state index is 0.250. The number of hydrogen-bond donors (Lipinski definition) is 5. The molecule has 0 aliphatic heterocycles. The summed E-state index contributed by atoms with van der Waals surface area (Å²) in [5.74, 6) is 1.65. The van der Waals surface area contributed by atoms with Gasteiger partial charge in [0.2, 0.25) is 0 Å². The van der Waals surface area contributed by atoms with Crippen LogP contribution in [0.15, 0.2) is 0 Å². The fourth-order valence-corrected chi connectivity index (χ4v) is 4.20. The highest BCUT2D eigenvalue weighted by Crippen LogP contribution is 2.23. The molecule has 0 heterocycles. The number of aliphatic hydroxyl groups is 5. The van der Waals surface area contributed by atoms with Crippen LogP contribution in [0.2, 0.25) is 0 Å². The Labute approximate surface area is 196 Å². The van der Waals surface area contributed by atoms with E-state index in [0.29, 0.717) is 12.3 Å². The fraction of sp³-hybridized carbons (Fsp3) is 0.962. The Kier molecular flexibility index (Phi) is 17.6. The van der Waals surface area contributed by atoms with Crippen LogP contribution >= 0.6 is 0 Å². The summed E-state index contributed by atoms with van der Waals surface area (Å²) in [5.41, 5.74) is 0. The van der Waals surface area contributed by atoms with Crippen LogP contribution < -0.4 is 0 Å². The molecule has 0 saturated carbocycles. The summed E-state index contributed by atoms with van der Waals surface area (Å²) in [4.78, 5) is 11.9. The number of hydrogen-bond acceptors (Lipinski definition) is 6. The molecule has 0 aromatic carbocycles. The highest BCUT2D eigenvalue weighted by atomic mass is 16.4. The van der Waals surface area contributed by atoms with Gasteiger partial charge in [-0.2, -0.15) is 0 Å². The number of rotatable bonds is 20. The summed E-state index contributed by atoms with van der Waals surface area (Å²) in [6, 6.07) is 0. The summed E-state index contributed by atoms with van der Waals surface area (Å²) in [6.45, 7) is 10.6. The largest absolute Gasteiger partial charge is 0.394 e. The minimum atomic E-state index is -1.90. The molecule has 0 radical (unpaired) electrons. The molecule has 5 N–H and O–H groups in total. The minimum Gasteiger partial charge on any atom is -0.394 e. The van der Waals surface area contributed by atoms with Crippen molar-refractivity contribution in [2.45, 2.75) is 130 Å². The lowest BCUT2D eigenvalue weighted by molar-refractivity contribution is -0.149. The van der Waals surface area contributed by atoms with Gasteiger partial charge in [0.25, 0.3) is 0 Å². The van der Waals surface area contributed by atoms with Crippen LogP contribution in [0, 0.1) is 23.7 Å². The summed E-state index contributed by atoms with van der Waals surface area (Å²) in [7, 11) is 0. The lowest BCUT2D eigenvalue weighted by Crippen LogP contribution is -2.46. The van der Waals surface area contributed by atoms with Crippen molar-refractivity contribution in [1.82, 2.24) is 0 Å². The van der Waals surface area contributed by atoms with Gasteiger partial charge in [-0.1, -0.05) is 92.4 Å². The molecule has 0 rings (SSSR count). The van der Waals surface area contributed by atoms with Gasteiger partial charge < -0.3 is 25.5 Å². The zero-order valence-corrected chi connectivity index (χ0v) is 21.2. The number of carbonyl (C=O) groups is 1.